The molecule has 0 bridgehead atoms. The van der Waals surface area contributed by atoms with E-state index in [1.807, 2.05) is 0 Å². The molecule has 0 heteroatoms. The lowest BCUT2D eigenvalue weighted by molar-refractivity contribution is 1.51. The van der Waals surface area contributed by atoms with Crippen molar-refractivity contribution in [3.63, 3.8) is 0 Å². The summed E-state index contributed by atoms with van der Waals surface area (Å²) < 4.78 is 0. The van der Waals surface area contributed by atoms with Gasteiger partial charge in [0, 0.05) is 0 Å². The summed E-state index contributed by atoms with van der Waals surface area (Å²) in [6.45, 7) is 4.41. The lowest BCUT2D eigenvalue weighted by Crippen LogP contribution is -1.86. The van der Waals surface area contributed by atoms with E-state index in [1.54, 1.807) is 0 Å². The van der Waals surface area contributed by atoms with Gasteiger partial charge in [-0.1, -0.05) is 60.7 Å². The van der Waals surface area contributed by atoms with Crippen molar-refractivity contribution in [3.05, 3.63) is 71.8 Å². The maximum atomic E-state index is 2.33. The minimum atomic E-state index is 1.31. The molecule has 4 aromatic rings. The third-order valence-electron chi connectivity index (χ3n) is 4.30. The lowest BCUT2D eigenvalue weighted by atomic mass is 9.92. The molecule has 0 unspecified atom stereocenters. The van der Waals surface area contributed by atoms with Crippen LogP contribution in [0, 0.1) is 13.8 Å². The highest BCUT2D eigenvalue weighted by Gasteiger charge is 2.08. The highest BCUT2D eigenvalue weighted by atomic mass is 14.1. The van der Waals surface area contributed by atoms with E-state index >= 15 is 0 Å². The number of benzene rings is 4. The van der Waals surface area contributed by atoms with E-state index in [0.29, 0.717) is 0 Å². The molecule has 0 saturated heterocycles. The van der Waals surface area contributed by atoms with Gasteiger partial charge >= 0.3 is 0 Å². The molecule has 0 nitrogen and oxygen atoms in total. The van der Waals surface area contributed by atoms with E-state index < -0.39 is 0 Å². The molecule has 0 saturated carbocycles. The molecule has 0 fully saturated rings. The Labute approximate surface area is 118 Å². The van der Waals surface area contributed by atoms with Gasteiger partial charge in [0.05, 0.1) is 0 Å². The molecule has 0 atom stereocenters. The fraction of sp³-hybridized carbons (Fsp3) is 0.100. The first-order chi connectivity index (χ1) is 9.75. The van der Waals surface area contributed by atoms with Crippen LogP contribution in [0.4, 0.5) is 0 Å². The Hall–Kier alpha value is -2.34. The van der Waals surface area contributed by atoms with Crippen LogP contribution in [0.5, 0.6) is 0 Å². The van der Waals surface area contributed by atoms with Crippen molar-refractivity contribution >= 4 is 32.3 Å². The van der Waals surface area contributed by atoms with Gasteiger partial charge in [-0.05, 0) is 57.3 Å². The average molecular weight is 256 g/mol. The van der Waals surface area contributed by atoms with Crippen LogP contribution in [0.1, 0.15) is 11.1 Å². The van der Waals surface area contributed by atoms with Crippen LogP contribution < -0.4 is 0 Å². The zero-order chi connectivity index (χ0) is 13.7. The number of hydrogen-bond acceptors (Lipinski definition) is 0. The van der Waals surface area contributed by atoms with Crippen LogP contribution in [0.25, 0.3) is 32.3 Å². The molecular formula is C20H16. The maximum absolute atomic E-state index is 2.33. The number of rotatable bonds is 0. The van der Waals surface area contributed by atoms with Crippen LogP contribution in [-0.4, -0.2) is 0 Å². The molecule has 0 spiro atoms. The first-order valence-electron chi connectivity index (χ1n) is 7.06. The Bertz CT molecular complexity index is 962. The van der Waals surface area contributed by atoms with Crippen molar-refractivity contribution in [2.24, 2.45) is 0 Å². The minimum absolute atomic E-state index is 1.31. The highest BCUT2D eigenvalue weighted by molar-refractivity contribution is 6.19. The Balaban J connectivity index is 2.35. The van der Waals surface area contributed by atoms with Crippen molar-refractivity contribution in [1.29, 1.82) is 0 Å². The molecular weight excluding hydrogens is 240 g/mol. The van der Waals surface area contributed by atoms with Crippen LogP contribution in [0.2, 0.25) is 0 Å². The van der Waals surface area contributed by atoms with Crippen molar-refractivity contribution < 1.29 is 0 Å². The smallest absolute Gasteiger partial charge is 0.00697 e. The molecule has 0 radical (unpaired) electrons. The predicted molar refractivity (Wildman–Crippen MR) is 88.4 cm³/mol. The molecule has 0 N–H and O–H groups in total. The van der Waals surface area contributed by atoms with Gasteiger partial charge in [-0.2, -0.15) is 0 Å². The summed E-state index contributed by atoms with van der Waals surface area (Å²) in [6.07, 6.45) is 0. The second kappa shape index (κ2) is 4.08. The van der Waals surface area contributed by atoms with Crippen LogP contribution in [-0.2, 0) is 0 Å². The van der Waals surface area contributed by atoms with E-state index in [9.17, 15) is 0 Å². The Morgan fingerprint density at radius 1 is 0.550 bits per heavy atom. The Morgan fingerprint density at radius 3 is 2.25 bits per heavy atom. The summed E-state index contributed by atoms with van der Waals surface area (Å²) in [6, 6.07) is 22.1. The normalized spacial score (nSPS) is 11.5. The van der Waals surface area contributed by atoms with Crippen molar-refractivity contribution in [2.75, 3.05) is 0 Å². The Kier molecular flexibility index (Phi) is 2.34. The molecule has 0 amide bonds. The fourth-order valence-corrected chi connectivity index (χ4v) is 3.32. The quantitative estimate of drug-likeness (QED) is 0.351. The standard InChI is InChI=1S/C20H16/c1-13-6-5-9-17-18-11-10-15-7-3-4-8-16(15)20(18)14(2)12-19(13)17/h3-12H,1-2H3. The third kappa shape index (κ3) is 1.48. The van der Waals surface area contributed by atoms with Gasteiger partial charge in [0.15, 0.2) is 0 Å². The summed E-state index contributed by atoms with van der Waals surface area (Å²) in [7, 11) is 0. The van der Waals surface area contributed by atoms with E-state index in [4.69, 9.17) is 0 Å². The molecule has 0 aliphatic rings. The van der Waals surface area contributed by atoms with E-state index in [1.165, 1.54) is 43.4 Å². The van der Waals surface area contributed by atoms with Gasteiger partial charge in [0.2, 0.25) is 0 Å². The maximum Gasteiger partial charge on any atom is -0.00697 e. The average Bonchev–Trinajstić information content (AvgIpc) is 2.48. The van der Waals surface area contributed by atoms with Gasteiger partial charge in [0.1, 0.15) is 0 Å². The van der Waals surface area contributed by atoms with Gasteiger partial charge < -0.3 is 0 Å². The minimum Gasteiger partial charge on any atom is -0.0616 e. The Morgan fingerprint density at radius 2 is 1.35 bits per heavy atom. The van der Waals surface area contributed by atoms with E-state index in [2.05, 4.69) is 74.5 Å². The number of hydrogen-bond donors (Lipinski definition) is 0. The van der Waals surface area contributed by atoms with Gasteiger partial charge in [-0.25, -0.2) is 0 Å². The van der Waals surface area contributed by atoms with Crippen molar-refractivity contribution in [2.45, 2.75) is 13.8 Å². The first kappa shape index (κ1) is 11.5. The predicted octanol–water partition coefficient (Wildman–Crippen LogP) is 5.76. The first-order valence-corrected chi connectivity index (χ1v) is 7.06. The largest absolute Gasteiger partial charge is 0.0616 e. The molecule has 0 aliphatic carbocycles. The van der Waals surface area contributed by atoms with Gasteiger partial charge in [-0.3, -0.25) is 0 Å². The highest BCUT2D eigenvalue weighted by Crippen LogP contribution is 2.34. The van der Waals surface area contributed by atoms with E-state index in [-0.39, 0.29) is 0 Å². The molecule has 96 valence electrons. The molecule has 0 aliphatic heterocycles. The fourth-order valence-electron chi connectivity index (χ4n) is 3.32. The molecule has 4 aromatic carbocycles. The zero-order valence-electron chi connectivity index (χ0n) is 11.8. The van der Waals surface area contributed by atoms with Crippen LogP contribution in [0.15, 0.2) is 60.7 Å². The van der Waals surface area contributed by atoms with Crippen molar-refractivity contribution in [3.8, 4) is 0 Å². The van der Waals surface area contributed by atoms with Crippen molar-refractivity contribution in [1.82, 2.24) is 0 Å². The summed E-state index contributed by atoms with van der Waals surface area (Å²) in [5.41, 5.74) is 2.71. The molecule has 0 heterocycles. The summed E-state index contributed by atoms with van der Waals surface area (Å²) in [5.74, 6) is 0. The lowest BCUT2D eigenvalue weighted by Gasteiger charge is -2.12. The molecule has 0 aromatic heterocycles. The topological polar surface area (TPSA) is 0 Å². The zero-order valence-corrected chi connectivity index (χ0v) is 11.8. The van der Waals surface area contributed by atoms with Gasteiger partial charge in [0.25, 0.3) is 0 Å². The van der Waals surface area contributed by atoms with Crippen LogP contribution in [0.3, 0.4) is 0 Å². The van der Waals surface area contributed by atoms with Crippen LogP contribution >= 0.6 is 0 Å². The van der Waals surface area contributed by atoms with Gasteiger partial charge in [-0.15, -0.1) is 0 Å². The molecule has 20 heavy (non-hydrogen) atoms. The second-order valence-electron chi connectivity index (χ2n) is 5.57. The van der Waals surface area contributed by atoms with E-state index in [0.717, 1.165) is 0 Å². The summed E-state index contributed by atoms with van der Waals surface area (Å²) in [4.78, 5) is 0. The summed E-state index contributed by atoms with van der Waals surface area (Å²) in [5, 5.41) is 8.15. The third-order valence-corrected chi connectivity index (χ3v) is 4.30. The number of fused-ring (bicyclic) bond motifs is 5. The number of aryl methyl sites for hydroxylation is 2. The second-order valence-corrected chi connectivity index (χ2v) is 5.57. The SMILES string of the molecule is Cc1cccc2c1cc(C)c1c3ccccc3ccc21. The monoisotopic (exact) mass is 256 g/mol. The summed E-state index contributed by atoms with van der Waals surface area (Å²) >= 11 is 0. The molecule has 4 rings (SSSR count).